The van der Waals surface area contributed by atoms with Crippen LogP contribution in [-0.4, -0.2) is 37.6 Å². The summed E-state index contributed by atoms with van der Waals surface area (Å²) >= 11 is 0. The fourth-order valence-corrected chi connectivity index (χ4v) is 5.34. The molecule has 4 heteroatoms. The van der Waals surface area contributed by atoms with Crippen LogP contribution in [-0.2, 0) is 17.6 Å². The number of ether oxygens (including phenoxy) is 1. The maximum atomic E-state index is 13.5. The molecule has 0 bridgehead atoms. The van der Waals surface area contributed by atoms with E-state index in [1.807, 2.05) is 12.1 Å². The van der Waals surface area contributed by atoms with Crippen LogP contribution in [0.3, 0.4) is 0 Å². The lowest BCUT2D eigenvalue weighted by Gasteiger charge is -2.30. The van der Waals surface area contributed by atoms with E-state index < -0.39 is 0 Å². The van der Waals surface area contributed by atoms with Crippen molar-refractivity contribution < 1.29 is 9.53 Å². The van der Waals surface area contributed by atoms with Gasteiger partial charge in [0.05, 0.1) is 13.2 Å². The van der Waals surface area contributed by atoms with Crippen molar-refractivity contribution in [1.29, 1.82) is 0 Å². The molecule has 2 heterocycles. The van der Waals surface area contributed by atoms with Gasteiger partial charge in [0.2, 0.25) is 5.91 Å². The van der Waals surface area contributed by atoms with E-state index in [9.17, 15) is 4.79 Å². The first-order valence-corrected chi connectivity index (χ1v) is 9.96. The fraction of sp³-hybridized carbons (Fsp3) is 0.435. The Balaban J connectivity index is 1.42. The zero-order valence-electron chi connectivity index (χ0n) is 15.7. The Labute approximate surface area is 160 Å². The Morgan fingerprint density at radius 1 is 1.04 bits per heavy atom. The molecule has 3 atom stereocenters. The van der Waals surface area contributed by atoms with Crippen LogP contribution in [0, 0.1) is 17.8 Å². The fourth-order valence-electron chi connectivity index (χ4n) is 5.34. The first-order chi connectivity index (χ1) is 13.2. The summed E-state index contributed by atoms with van der Waals surface area (Å²) < 4.78 is 5.32. The van der Waals surface area contributed by atoms with Crippen LogP contribution in [0.1, 0.15) is 22.7 Å². The normalized spacial score (nSPS) is 26.9. The number of nitrogens with one attached hydrogen (secondary N) is 1. The first-order valence-electron chi connectivity index (χ1n) is 9.96. The molecule has 0 saturated carbocycles. The van der Waals surface area contributed by atoms with Gasteiger partial charge < -0.3 is 15.0 Å². The standard InChI is InChI=1S/C23H26N2O2/c1-27-20-8-6-15(7-9-20)22-21-13-24-12-19(21)14-25(22)23(26)18-10-16-4-2-3-5-17(16)11-18/h2-9,18-19,21-22,24H,10-14H2,1H3/t19-,21-,22+/m0/s1. The number of amides is 1. The number of nitrogens with zero attached hydrogens (tertiary/aromatic N) is 1. The number of methoxy groups -OCH3 is 1. The van der Waals surface area contributed by atoms with Gasteiger partial charge in [-0.1, -0.05) is 36.4 Å². The number of carbonyl (C=O) groups is 1. The lowest BCUT2D eigenvalue weighted by Crippen LogP contribution is -2.39. The van der Waals surface area contributed by atoms with E-state index in [1.165, 1.54) is 16.7 Å². The number of rotatable bonds is 3. The molecule has 1 amide bonds. The molecular formula is C23H26N2O2. The quantitative estimate of drug-likeness (QED) is 0.913. The average Bonchev–Trinajstić information content (AvgIpc) is 3.41. The van der Waals surface area contributed by atoms with Gasteiger partial charge in [-0.3, -0.25) is 4.79 Å². The number of fused-ring (bicyclic) bond motifs is 2. The maximum absolute atomic E-state index is 13.5. The highest BCUT2D eigenvalue weighted by Gasteiger charge is 2.48. The molecule has 0 aromatic heterocycles. The molecule has 140 valence electrons. The van der Waals surface area contributed by atoms with Crippen molar-refractivity contribution in [3.63, 3.8) is 0 Å². The van der Waals surface area contributed by atoms with Crippen LogP contribution >= 0.6 is 0 Å². The molecule has 2 fully saturated rings. The Morgan fingerprint density at radius 2 is 1.74 bits per heavy atom. The summed E-state index contributed by atoms with van der Waals surface area (Å²) in [5.74, 6) is 2.36. The lowest BCUT2D eigenvalue weighted by atomic mass is 9.89. The van der Waals surface area contributed by atoms with Crippen molar-refractivity contribution in [3.05, 3.63) is 65.2 Å². The van der Waals surface area contributed by atoms with Crippen molar-refractivity contribution in [3.8, 4) is 5.75 Å². The molecular weight excluding hydrogens is 336 g/mol. The second kappa shape index (κ2) is 6.68. The predicted octanol–water partition coefficient (Wildman–Crippen LogP) is 2.83. The van der Waals surface area contributed by atoms with Crippen molar-refractivity contribution in [2.45, 2.75) is 18.9 Å². The van der Waals surface area contributed by atoms with Gasteiger partial charge in [-0.25, -0.2) is 0 Å². The van der Waals surface area contributed by atoms with Gasteiger partial charge in [0.1, 0.15) is 5.75 Å². The van der Waals surface area contributed by atoms with Crippen LogP contribution in [0.15, 0.2) is 48.5 Å². The molecule has 4 nitrogen and oxygen atoms in total. The Bertz CT molecular complexity index is 823. The minimum absolute atomic E-state index is 0.0925. The predicted molar refractivity (Wildman–Crippen MR) is 105 cm³/mol. The largest absolute Gasteiger partial charge is 0.497 e. The molecule has 3 aliphatic rings. The van der Waals surface area contributed by atoms with Gasteiger partial charge in [0.25, 0.3) is 0 Å². The molecule has 0 spiro atoms. The summed E-state index contributed by atoms with van der Waals surface area (Å²) in [4.78, 5) is 15.7. The third-order valence-corrected chi connectivity index (χ3v) is 6.71. The van der Waals surface area contributed by atoms with Crippen LogP contribution in [0.2, 0.25) is 0 Å². The van der Waals surface area contributed by atoms with Crippen molar-refractivity contribution in [1.82, 2.24) is 10.2 Å². The molecule has 5 rings (SSSR count). The van der Waals surface area contributed by atoms with E-state index in [0.29, 0.717) is 17.7 Å². The number of hydrogen-bond acceptors (Lipinski definition) is 3. The molecule has 1 aliphatic carbocycles. The van der Waals surface area contributed by atoms with Crippen LogP contribution < -0.4 is 10.1 Å². The van der Waals surface area contributed by atoms with E-state index in [1.54, 1.807) is 7.11 Å². The molecule has 0 unspecified atom stereocenters. The highest BCUT2D eigenvalue weighted by molar-refractivity contribution is 5.81. The van der Waals surface area contributed by atoms with E-state index in [4.69, 9.17) is 4.74 Å². The first kappa shape index (κ1) is 16.8. The van der Waals surface area contributed by atoms with E-state index in [0.717, 1.165) is 38.2 Å². The topological polar surface area (TPSA) is 41.6 Å². The highest BCUT2D eigenvalue weighted by atomic mass is 16.5. The van der Waals surface area contributed by atoms with Crippen LogP contribution in [0.4, 0.5) is 0 Å². The van der Waals surface area contributed by atoms with Gasteiger partial charge >= 0.3 is 0 Å². The third-order valence-electron chi connectivity index (χ3n) is 6.71. The average molecular weight is 362 g/mol. The second-order valence-corrected chi connectivity index (χ2v) is 8.16. The molecule has 2 saturated heterocycles. The minimum atomic E-state index is 0.0925. The van der Waals surface area contributed by atoms with Gasteiger partial charge in [-0.15, -0.1) is 0 Å². The van der Waals surface area contributed by atoms with E-state index in [2.05, 4.69) is 46.6 Å². The van der Waals surface area contributed by atoms with E-state index >= 15 is 0 Å². The smallest absolute Gasteiger partial charge is 0.226 e. The summed E-state index contributed by atoms with van der Waals surface area (Å²) in [6, 6.07) is 17.0. The Morgan fingerprint density at radius 3 is 2.41 bits per heavy atom. The van der Waals surface area contributed by atoms with Crippen molar-refractivity contribution in [2.75, 3.05) is 26.7 Å². The van der Waals surface area contributed by atoms with Crippen LogP contribution in [0.5, 0.6) is 5.75 Å². The molecule has 2 aliphatic heterocycles. The summed E-state index contributed by atoms with van der Waals surface area (Å²) in [5, 5.41) is 3.53. The summed E-state index contributed by atoms with van der Waals surface area (Å²) in [6.45, 7) is 2.89. The number of carbonyl (C=O) groups excluding carboxylic acids is 1. The van der Waals surface area contributed by atoms with Crippen molar-refractivity contribution >= 4 is 5.91 Å². The van der Waals surface area contributed by atoms with E-state index in [-0.39, 0.29) is 12.0 Å². The number of benzene rings is 2. The highest BCUT2D eigenvalue weighted by Crippen LogP contribution is 2.44. The minimum Gasteiger partial charge on any atom is -0.497 e. The zero-order chi connectivity index (χ0) is 18.4. The van der Waals surface area contributed by atoms with Gasteiger partial charge in [0.15, 0.2) is 0 Å². The van der Waals surface area contributed by atoms with Gasteiger partial charge in [0, 0.05) is 31.5 Å². The molecule has 0 radical (unpaired) electrons. The molecule has 2 aromatic carbocycles. The molecule has 1 N–H and O–H groups in total. The molecule has 2 aromatic rings. The summed E-state index contributed by atoms with van der Waals surface area (Å²) in [7, 11) is 1.69. The van der Waals surface area contributed by atoms with Gasteiger partial charge in [-0.2, -0.15) is 0 Å². The Hall–Kier alpha value is -2.33. The van der Waals surface area contributed by atoms with Crippen molar-refractivity contribution in [2.24, 2.45) is 17.8 Å². The SMILES string of the molecule is COc1ccc([C@@H]2[C@H]3CNC[C@H]3CN2C(=O)C2Cc3ccccc3C2)cc1. The third kappa shape index (κ3) is 2.83. The van der Waals surface area contributed by atoms with Crippen LogP contribution in [0.25, 0.3) is 0 Å². The van der Waals surface area contributed by atoms with Gasteiger partial charge in [-0.05, 0) is 47.6 Å². The zero-order valence-corrected chi connectivity index (χ0v) is 15.7. The lowest BCUT2D eigenvalue weighted by molar-refractivity contribution is -0.136. The maximum Gasteiger partial charge on any atom is 0.226 e. The molecule has 27 heavy (non-hydrogen) atoms. The Kier molecular flexibility index (Phi) is 4.16. The number of hydrogen-bond donors (Lipinski definition) is 1. The number of likely N-dealkylation sites (tertiary alicyclic amines) is 1. The summed E-state index contributed by atoms with van der Waals surface area (Å²) in [6.07, 6.45) is 1.77. The monoisotopic (exact) mass is 362 g/mol. The summed E-state index contributed by atoms with van der Waals surface area (Å²) in [5.41, 5.74) is 3.92. The second-order valence-electron chi connectivity index (χ2n) is 8.16.